The molecular formula is C31H24N2O. The molecule has 0 bridgehead atoms. The fraction of sp³-hybridized carbons (Fsp3) is 0.0323. The maximum absolute atomic E-state index is 11.6. The Labute approximate surface area is 199 Å². The second-order valence-corrected chi connectivity index (χ2v) is 8.10. The Balaban J connectivity index is 1.71. The monoisotopic (exact) mass is 440 g/mol. The SMILES string of the molecule is CC(=O)c1ccc(N=Cc2cc(-c3ccccc3)n(-c3ccccc3)c2-c2ccccc2)cc1. The molecule has 0 radical (unpaired) electrons. The predicted molar refractivity (Wildman–Crippen MR) is 140 cm³/mol. The van der Waals surface area contributed by atoms with Crippen molar-refractivity contribution in [3.8, 4) is 28.2 Å². The van der Waals surface area contributed by atoms with Gasteiger partial charge in [-0.15, -0.1) is 0 Å². The predicted octanol–water partition coefficient (Wildman–Crippen LogP) is 7.76. The van der Waals surface area contributed by atoms with E-state index in [1.54, 1.807) is 6.92 Å². The number of rotatable bonds is 6. The molecule has 0 aliphatic heterocycles. The van der Waals surface area contributed by atoms with Gasteiger partial charge in [0.25, 0.3) is 0 Å². The Hall–Kier alpha value is -4.50. The Kier molecular flexibility index (Phi) is 6.00. The van der Waals surface area contributed by atoms with Crippen LogP contribution in [-0.2, 0) is 0 Å². The summed E-state index contributed by atoms with van der Waals surface area (Å²) in [4.78, 5) is 16.4. The van der Waals surface area contributed by atoms with Gasteiger partial charge in [-0.1, -0.05) is 78.9 Å². The summed E-state index contributed by atoms with van der Waals surface area (Å²) in [6.45, 7) is 1.57. The van der Waals surface area contributed by atoms with Crippen molar-refractivity contribution in [3.05, 3.63) is 132 Å². The molecule has 0 saturated carbocycles. The van der Waals surface area contributed by atoms with Crippen molar-refractivity contribution in [2.75, 3.05) is 0 Å². The second-order valence-electron chi connectivity index (χ2n) is 8.10. The summed E-state index contributed by atoms with van der Waals surface area (Å²) in [6, 6.07) is 40.8. The highest BCUT2D eigenvalue weighted by Gasteiger charge is 2.18. The van der Waals surface area contributed by atoms with Gasteiger partial charge in [0, 0.05) is 23.0 Å². The van der Waals surface area contributed by atoms with Gasteiger partial charge in [-0.25, -0.2) is 0 Å². The second kappa shape index (κ2) is 9.55. The van der Waals surface area contributed by atoms with E-state index in [1.807, 2.05) is 48.7 Å². The number of para-hydroxylation sites is 1. The van der Waals surface area contributed by atoms with Gasteiger partial charge in [0.2, 0.25) is 0 Å². The Morgan fingerprint density at radius 1 is 0.706 bits per heavy atom. The van der Waals surface area contributed by atoms with Crippen LogP contribution < -0.4 is 0 Å². The number of nitrogens with zero attached hydrogens (tertiary/aromatic N) is 2. The molecule has 0 unspecified atom stereocenters. The highest BCUT2D eigenvalue weighted by Crippen LogP contribution is 2.35. The molecular weight excluding hydrogens is 416 g/mol. The highest BCUT2D eigenvalue weighted by molar-refractivity contribution is 5.96. The zero-order valence-corrected chi connectivity index (χ0v) is 18.9. The van der Waals surface area contributed by atoms with E-state index in [0.717, 1.165) is 39.5 Å². The summed E-state index contributed by atoms with van der Waals surface area (Å²) in [5.41, 5.74) is 8.02. The number of benzene rings is 4. The summed E-state index contributed by atoms with van der Waals surface area (Å²) in [7, 11) is 0. The fourth-order valence-electron chi connectivity index (χ4n) is 4.11. The average Bonchev–Trinajstić information content (AvgIpc) is 3.29. The van der Waals surface area contributed by atoms with Crippen LogP contribution in [0.1, 0.15) is 22.8 Å². The number of Topliss-reactive ketones (excluding diaryl/α,β-unsaturated/α-hetero) is 1. The molecule has 1 heterocycles. The van der Waals surface area contributed by atoms with Crippen molar-refractivity contribution in [3.63, 3.8) is 0 Å². The molecule has 5 rings (SSSR count). The van der Waals surface area contributed by atoms with Crippen LogP contribution in [0.3, 0.4) is 0 Å². The summed E-state index contributed by atoms with van der Waals surface area (Å²) >= 11 is 0. The molecule has 0 atom stereocenters. The first-order chi connectivity index (χ1) is 16.7. The van der Waals surface area contributed by atoms with E-state index in [1.165, 1.54) is 0 Å². The molecule has 3 heteroatoms. The molecule has 0 aliphatic carbocycles. The van der Waals surface area contributed by atoms with E-state index in [-0.39, 0.29) is 5.78 Å². The lowest BCUT2D eigenvalue weighted by Gasteiger charge is -2.15. The molecule has 0 saturated heterocycles. The summed E-state index contributed by atoms with van der Waals surface area (Å²) in [5, 5.41) is 0. The van der Waals surface area contributed by atoms with E-state index >= 15 is 0 Å². The minimum absolute atomic E-state index is 0.0503. The lowest BCUT2D eigenvalue weighted by Crippen LogP contribution is -2.00. The smallest absolute Gasteiger partial charge is 0.159 e. The van der Waals surface area contributed by atoms with Crippen LogP contribution in [0.2, 0.25) is 0 Å². The number of hydrogen-bond donors (Lipinski definition) is 0. The van der Waals surface area contributed by atoms with Crippen LogP contribution in [0.5, 0.6) is 0 Å². The maximum Gasteiger partial charge on any atom is 0.159 e. The molecule has 4 aromatic carbocycles. The van der Waals surface area contributed by atoms with Crippen molar-refractivity contribution < 1.29 is 4.79 Å². The van der Waals surface area contributed by atoms with Gasteiger partial charge < -0.3 is 4.57 Å². The van der Waals surface area contributed by atoms with Crippen LogP contribution >= 0.6 is 0 Å². The Morgan fingerprint density at radius 3 is 1.85 bits per heavy atom. The molecule has 3 nitrogen and oxygen atoms in total. The van der Waals surface area contributed by atoms with E-state index in [9.17, 15) is 4.79 Å². The minimum Gasteiger partial charge on any atom is -0.309 e. The standard InChI is InChI=1S/C31H24N2O/c1-23(34)24-17-19-28(20-18-24)32-22-27-21-30(25-11-5-2-6-12-25)33(29-15-9-4-10-16-29)31(27)26-13-7-3-8-14-26/h2-22H,1H3. The van der Waals surface area contributed by atoms with Crippen molar-refractivity contribution in [2.45, 2.75) is 6.92 Å². The van der Waals surface area contributed by atoms with Gasteiger partial charge in [-0.2, -0.15) is 0 Å². The average molecular weight is 441 g/mol. The van der Waals surface area contributed by atoms with Crippen LogP contribution in [-0.4, -0.2) is 16.6 Å². The lowest BCUT2D eigenvalue weighted by atomic mass is 10.1. The number of hydrogen-bond acceptors (Lipinski definition) is 2. The minimum atomic E-state index is 0.0503. The number of carbonyl (C=O) groups is 1. The number of aromatic nitrogens is 1. The van der Waals surface area contributed by atoms with Gasteiger partial charge in [0.1, 0.15) is 0 Å². The molecule has 1 aromatic heterocycles. The van der Waals surface area contributed by atoms with Gasteiger partial charge in [-0.3, -0.25) is 9.79 Å². The Morgan fingerprint density at radius 2 is 1.26 bits per heavy atom. The first kappa shape index (κ1) is 21.4. The molecule has 34 heavy (non-hydrogen) atoms. The summed E-state index contributed by atoms with van der Waals surface area (Å²) < 4.78 is 2.30. The van der Waals surface area contributed by atoms with Crippen molar-refractivity contribution in [1.82, 2.24) is 4.57 Å². The van der Waals surface area contributed by atoms with Crippen LogP contribution in [0.25, 0.3) is 28.2 Å². The molecule has 0 fully saturated rings. The third-order valence-electron chi connectivity index (χ3n) is 5.79. The van der Waals surface area contributed by atoms with Crippen LogP contribution in [0, 0.1) is 0 Å². The van der Waals surface area contributed by atoms with Crippen LogP contribution in [0.15, 0.2) is 126 Å². The van der Waals surface area contributed by atoms with Crippen LogP contribution in [0.4, 0.5) is 5.69 Å². The third kappa shape index (κ3) is 4.37. The van der Waals surface area contributed by atoms with Crippen molar-refractivity contribution in [2.24, 2.45) is 4.99 Å². The number of ketones is 1. The first-order valence-corrected chi connectivity index (χ1v) is 11.3. The van der Waals surface area contributed by atoms with Gasteiger partial charge in [-0.05, 0) is 60.5 Å². The zero-order chi connectivity index (χ0) is 23.3. The molecule has 0 N–H and O–H groups in total. The quantitative estimate of drug-likeness (QED) is 0.196. The van der Waals surface area contributed by atoms with Gasteiger partial charge in [0.05, 0.1) is 17.1 Å². The Bertz CT molecular complexity index is 1430. The molecule has 5 aromatic rings. The van der Waals surface area contributed by atoms with Gasteiger partial charge in [0.15, 0.2) is 5.78 Å². The number of carbonyl (C=O) groups excluding carboxylic acids is 1. The molecule has 164 valence electrons. The number of aliphatic imine (C=N–C) groups is 1. The highest BCUT2D eigenvalue weighted by atomic mass is 16.1. The summed E-state index contributed by atoms with van der Waals surface area (Å²) in [5.74, 6) is 0.0503. The fourth-order valence-corrected chi connectivity index (χ4v) is 4.11. The molecule has 0 amide bonds. The summed E-state index contributed by atoms with van der Waals surface area (Å²) in [6.07, 6.45) is 1.91. The third-order valence-corrected chi connectivity index (χ3v) is 5.79. The molecule has 0 spiro atoms. The maximum atomic E-state index is 11.6. The van der Waals surface area contributed by atoms with Crippen molar-refractivity contribution >= 4 is 17.7 Å². The van der Waals surface area contributed by atoms with E-state index in [2.05, 4.69) is 83.4 Å². The normalized spacial score (nSPS) is 11.1. The molecule has 0 aliphatic rings. The van der Waals surface area contributed by atoms with E-state index in [4.69, 9.17) is 4.99 Å². The van der Waals surface area contributed by atoms with E-state index in [0.29, 0.717) is 5.56 Å². The van der Waals surface area contributed by atoms with Gasteiger partial charge >= 0.3 is 0 Å². The largest absolute Gasteiger partial charge is 0.309 e. The van der Waals surface area contributed by atoms with Crippen molar-refractivity contribution in [1.29, 1.82) is 0 Å². The first-order valence-electron chi connectivity index (χ1n) is 11.3. The zero-order valence-electron chi connectivity index (χ0n) is 18.9. The lowest BCUT2D eigenvalue weighted by molar-refractivity contribution is 0.101. The van der Waals surface area contributed by atoms with E-state index < -0.39 is 0 Å². The topological polar surface area (TPSA) is 34.4 Å².